The van der Waals surface area contributed by atoms with Crippen molar-refractivity contribution in [3.05, 3.63) is 120 Å². The van der Waals surface area contributed by atoms with E-state index in [-0.39, 0.29) is 22.9 Å². The third-order valence-corrected chi connectivity index (χ3v) is 4.64. The number of halogens is 3. The first-order valence-electron chi connectivity index (χ1n) is 9.71. The van der Waals surface area contributed by atoms with Gasteiger partial charge in [-0.1, -0.05) is 36.4 Å². The van der Waals surface area contributed by atoms with E-state index in [4.69, 9.17) is 4.74 Å². The summed E-state index contributed by atoms with van der Waals surface area (Å²) < 4.78 is 47.4. The van der Waals surface area contributed by atoms with Crippen LogP contribution in [0.15, 0.2) is 91.1 Å². The summed E-state index contributed by atoms with van der Waals surface area (Å²) in [7, 11) is 0. The van der Waals surface area contributed by atoms with Gasteiger partial charge in [-0.25, -0.2) is 27.8 Å². The molecule has 164 valence electrons. The molecular formula is C25H15F3N2O3. The van der Waals surface area contributed by atoms with Crippen molar-refractivity contribution in [3.63, 3.8) is 0 Å². The summed E-state index contributed by atoms with van der Waals surface area (Å²) in [5.74, 6) is -3.15. The number of carbonyl (C=O) groups excluding carboxylic acids is 2. The highest BCUT2D eigenvalue weighted by atomic mass is 19.1. The van der Waals surface area contributed by atoms with Gasteiger partial charge >= 0.3 is 6.09 Å². The number of rotatable bonds is 5. The van der Waals surface area contributed by atoms with E-state index in [9.17, 15) is 22.8 Å². The van der Waals surface area contributed by atoms with E-state index >= 15 is 0 Å². The first kappa shape index (κ1) is 21.8. The number of hydrogen-bond acceptors (Lipinski definition) is 4. The van der Waals surface area contributed by atoms with Crippen LogP contribution in [0.4, 0.5) is 29.5 Å². The van der Waals surface area contributed by atoms with Crippen LogP contribution in [-0.2, 0) is 0 Å². The van der Waals surface area contributed by atoms with Gasteiger partial charge in [-0.2, -0.15) is 0 Å². The number of pyridine rings is 1. The second-order valence-electron chi connectivity index (χ2n) is 6.83. The largest absolute Gasteiger partial charge is 0.425 e. The molecule has 3 aromatic carbocycles. The fourth-order valence-electron chi connectivity index (χ4n) is 3.06. The quantitative estimate of drug-likeness (QED) is 0.348. The van der Waals surface area contributed by atoms with Crippen molar-refractivity contribution in [2.24, 2.45) is 0 Å². The number of nitrogens with zero attached hydrogens (tertiary/aromatic N) is 2. The molecule has 0 spiro atoms. The zero-order valence-electron chi connectivity index (χ0n) is 16.9. The molecule has 1 heterocycles. The van der Waals surface area contributed by atoms with Gasteiger partial charge in [0.25, 0.3) is 0 Å². The van der Waals surface area contributed by atoms with Gasteiger partial charge < -0.3 is 4.74 Å². The van der Waals surface area contributed by atoms with Gasteiger partial charge in [0.2, 0.25) is 0 Å². The summed E-state index contributed by atoms with van der Waals surface area (Å²) >= 11 is 0. The highest BCUT2D eigenvalue weighted by Crippen LogP contribution is 2.31. The van der Waals surface area contributed by atoms with Crippen molar-refractivity contribution in [2.75, 3.05) is 4.90 Å². The van der Waals surface area contributed by atoms with Crippen molar-refractivity contribution >= 4 is 23.4 Å². The lowest BCUT2D eigenvalue weighted by Crippen LogP contribution is -2.31. The minimum absolute atomic E-state index is 0.0426. The lowest BCUT2D eigenvalue weighted by Gasteiger charge is -2.22. The number of anilines is 2. The molecule has 1 amide bonds. The van der Waals surface area contributed by atoms with Gasteiger partial charge in [0.1, 0.15) is 34.7 Å². The minimum atomic E-state index is -1.18. The molecular weight excluding hydrogens is 433 g/mol. The molecule has 0 atom stereocenters. The Labute approximate surface area is 186 Å². The van der Waals surface area contributed by atoms with Gasteiger partial charge in [-0.05, 0) is 48.5 Å². The number of ether oxygens (including phenoxy) is 1. The Balaban J connectivity index is 1.71. The predicted octanol–water partition coefficient (Wildman–Crippen LogP) is 6.07. The molecule has 4 aromatic rings. The van der Waals surface area contributed by atoms with Crippen LogP contribution in [0.1, 0.15) is 15.9 Å². The molecule has 8 heteroatoms. The summed E-state index contributed by atoms with van der Waals surface area (Å²) in [6, 6.07) is 18.7. The Kier molecular flexibility index (Phi) is 6.17. The molecule has 0 aliphatic carbocycles. The average Bonchev–Trinajstić information content (AvgIpc) is 2.83. The lowest BCUT2D eigenvalue weighted by atomic mass is 10.1. The molecule has 1 aromatic heterocycles. The van der Waals surface area contributed by atoms with Gasteiger partial charge in [0.05, 0.1) is 0 Å². The number of amides is 1. The van der Waals surface area contributed by atoms with Gasteiger partial charge in [-0.3, -0.25) is 4.79 Å². The summed E-state index contributed by atoms with van der Waals surface area (Å²) in [5, 5.41) is 0. The van der Waals surface area contributed by atoms with E-state index in [1.54, 1.807) is 30.3 Å². The number of ketones is 1. The van der Waals surface area contributed by atoms with Crippen LogP contribution in [0.2, 0.25) is 0 Å². The monoisotopic (exact) mass is 448 g/mol. The van der Waals surface area contributed by atoms with Crippen molar-refractivity contribution in [1.82, 2.24) is 4.98 Å². The molecule has 0 bridgehead atoms. The molecule has 33 heavy (non-hydrogen) atoms. The van der Waals surface area contributed by atoms with Crippen LogP contribution >= 0.6 is 0 Å². The highest BCUT2D eigenvalue weighted by Gasteiger charge is 2.28. The van der Waals surface area contributed by atoms with E-state index in [1.165, 1.54) is 30.5 Å². The fourth-order valence-corrected chi connectivity index (χ4v) is 3.06. The summed E-state index contributed by atoms with van der Waals surface area (Å²) in [5.41, 5.74) is -0.0650. The van der Waals surface area contributed by atoms with E-state index in [0.717, 1.165) is 30.3 Å². The molecule has 5 nitrogen and oxygen atoms in total. The summed E-state index contributed by atoms with van der Waals surface area (Å²) in [6.45, 7) is 0. The van der Waals surface area contributed by atoms with Crippen LogP contribution < -0.4 is 9.64 Å². The SMILES string of the molecule is O=C(c1ccccc1)c1ccc(N(C(=O)Oc2ccc(F)cc2)c2c(F)cccc2F)nc1. The maximum absolute atomic E-state index is 14.5. The second-order valence-corrected chi connectivity index (χ2v) is 6.83. The fraction of sp³-hybridized carbons (Fsp3) is 0. The van der Waals surface area contributed by atoms with Crippen LogP contribution in [0, 0.1) is 17.5 Å². The standard InChI is InChI=1S/C25H15F3N2O3/c26-18-10-12-19(13-11-18)33-25(32)30(23-20(27)7-4-8-21(23)28)22-14-9-17(15-29-22)24(31)16-5-2-1-3-6-16/h1-15H. The van der Waals surface area contributed by atoms with Crippen molar-refractivity contribution in [2.45, 2.75) is 0 Å². The maximum Gasteiger partial charge on any atom is 0.425 e. The van der Waals surface area contributed by atoms with E-state index in [2.05, 4.69) is 4.98 Å². The van der Waals surface area contributed by atoms with E-state index in [0.29, 0.717) is 10.5 Å². The highest BCUT2D eigenvalue weighted by molar-refractivity contribution is 6.09. The third-order valence-electron chi connectivity index (χ3n) is 4.64. The summed E-state index contributed by atoms with van der Waals surface area (Å²) in [6.07, 6.45) is 0.0157. The molecule has 4 rings (SSSR count). The number of carbonyl (C=O) groups is 2. The Morgan fingerprint density at radius 2 is 1.39 bits per heavy atom. The predicted molar refractivity (Wildman–Crippen MR) is 115 cm³/mol. The first-order chi connectivity index (χ1) is 15.9. The van der Waals surface area contributed by atoms with Gasteiger partial charge in [-0.15, -0.1) is 0 Å². The third kappa shape index (κ3) is 4.74. The summed E-state index contributed by atoms with van der Waals surface area (Å²) in [4.78, 5) is 30.2. The smallest absolute Gasteiger partial charge is 0.410 e. The molecule has 0 fully saturated rings. The second kappa shape index (κ2) is 9.35. The first-order valence-corrected chi connectivity index (χ1v) is 9.71. The van der Waals surface area contributed by atoms with Crippen LogP contribution in [0.5, 0.6) is 5.75 Å². The molecule has 0 N–H and O–H groups in total. The number of hydrogen-bond donors (Lipinski definition) is 0. The van der Waals surface area contributed by atoms with E-state index < -0.39 is 29.2 Å². The van der Waals surface area contributed by atoms with Crippen LogP contribution in [-0.4, -0.2) is 16.9 Å². The molecule has 0 saturated carbocycles. The van der Waals surface area contributed by atoms with Crippen molar-refractivity contribution < 1.29 is 27.5 Å². The zero-order chi connectivity index (χ0) is 23.4. The Morgan fingerprint density at radius 1 is 0.727 bits per heavy atom. The Hall–Kier alpha value is -4.46. The van der Waals surface area contributed by atoms with Crippen LogP contribution in [0.25, 0.3) is 0 Å². The van der Waals surface area contributed by atoms with Crippen LogP contribution in [0.3, 0.4) is 0 Å². The lowest BCUT2D eigenvalue weighted by molar-refractivity contribution is 0.103. The molecule has 0 unspecified atom stereocenters. The van der Waals surface area contributed by atoms with Gasteiger partial charge in [0, 0.05) is 17.3 Å². The van der Waals surface area contributed by atoms with Crippen molar-refractivity contribution in [1.29, 1.82) is 0 Å². The topological polar surface area (TPSA) is 59.5 Å². The van der Waals surface area contributed by atoms with Gasteiger partial charge in [0.15, 0.2) is 5.78 Å². The minimum Gasteiger partial charge on any atom is -0.410 e. The normalized spacial score (nSPS) is 10.5. The number of benzene rings is 3. The van der Waals surface area contributed by atoms with E-state index in [1.807, 2.05) is 0 Å². The molecule has 0 aliphatic heterocycles. The maximum atomic E-state index is 14.5. The molecule has 0 aliphatic rings. The molecule has 0 saturated heterocycles. The molecule has 0 radical (unpaired) electrons. The average molecular weight is 448 g/mol. The number of para-hydroxylation sites is 1. The number of aromatic nitrogens is 1. The Morgan fingerprint density at radius 3 is 2.00 bits per heavy atom. The van der Waals surface area contributed by atoms with Crippen molar-refractivity contribution in [3.8, 4) is 5.75 Å². The Bertz CT molecular complexity index is 1270. The zero-order valence-corrected chi connectivity index (χ0v) is 16.9.